The van der Waals surface area contributed by atoms with Gasteiger partial charge in [0.1, 0.15) is 0 Å². The normalized spacial score (nSPS) is 21.0. The Kier molecular flexibility index (Phi) is 4.22. The predicted octanol–water partition coefficient (Wildman–Crippen LogP) is 0.491. The number of aliphatic hydroxyl groups excluding tert-OH is 1. The molecule has 1 aromatic heterocycles. The van der Waals surface area contributed by atoms with E-state index in [-0.39, 0.29) is 11.8 Å². The van der Waals surface area contributed by atoms with E-state index in [4.69, 9.17) is 0 Å². The first-order valence-corrected chi connectivity index (χ1v) is 7.44. The summed E-state index contributed by atoms with van der Waals surface area (Å²) in [7, 11) is 0. The molecular formula is C16H20N4O2. The number of aromatic nitrogens is 2. The highest BCUT2D eigenvalue weighted by molar-refractivity contribution is 5.95. The van der Waals surface area contributed by atoms with Gasteiger partial charge in [0.25, 0.3) is 5.91 Å². The van der Waals surface area contributed by atoms with Gasteiger partial charge in [-0.25, -0.2) is 4.68 Å². The molecule has 0 spiro atoms. The highest BCUT2D eigenvalue weighted by Crippen LogP contribution is 2.14. The Morgan fingerprint density at radius 1 is 1.41 bits per heavy atom. The molecule has 2 unspecified atom stereocenters. The summed E-state index contributed by atoms with van der Waals surface area (Å²) in [6.07, 6.45) is 1.19. The quantitative estimate of drug-likeness (QED) is 0.768. The van der Waals surface area contributed by atoms with Crippen molar-refractivity contribution in [1.82, 2.24) is 20.4 Å². The minimum absolute atomic E-state index is 0.0634. The zero-order valence-corrected chi connectivity index (χ0v) is 12.5. The summed E-state index contributed by atoms with van der Waals surface area (Å²) in [6.45, 7) is 3.65. The minimum Gasteiger partial charge on any atom is -0.391 e. The third-order valence-electron chi connectivity index (χ3n) is 4.08. The first-order chi connectivity index (χ1) is 10.7. The van der Waals surface area contributed by atoms with Crippen molar-refractivity contribution >= 4 is 5.91 Å². The van der Waals surface area contributed by atoms with Crippen LogP contribution in [0, 0.1) is 12.8 Å². The fraction of sp³-hybridized carbons (Fsp3) is 0.375. The van der Waals surface area contributed by atoms with Gasteiger partial charge in [-0.1, -0.05) is 18.2 Å². The molecule has 1 aliphatic heterocycles. The van der Waals surface area contributed by atoms with E-state index < -0.39 is 6.10 Å². The summed E-state index contributed by atoms with van der Waals surface area (Å²) >= 11 is 0. The molecule has 1 aromatic carbocycles. The Labute approximate surface area is 129 Å². The van der Waals surface area contributed by atoms with E-state index in [2.05, 4.69) is 15.7 Å². The van der Waals surface area contributed by atoms with E-state index in [1.54, 1.807) is 10.9 Å². The summed E-state index contributed by atoms with van der Waals surface area (Å²) in [5.74, 6) is -0.0906. The third-order valence-corrected chi connectivity index (χ3v) is 4.08. The van der Waals surface area contributed by atoms with Gasteiger partial charge < -0.3 is 15.7 Å². The van der Waals surface area contributed by atoms with Gasteiger partial charge in [0.2, 0.25) is 0 Å². The number of amides is 1. The molecule has 22 heavy (non-hydrogen) atoms. The fourth-order valence-corrected chi connectivity index (χ4v) is 2.71. The number of rotatable bonds is 4. The molecule has 1 aliphatic rings. The molecule has 3 N–H and O–H groups in total. The van der Waals surface area contributed by atoms with E-state index in [0.717, 1.165) is 17.9 Å². The van der Waals surface area contributed by atoms with Crippen molar-refractivity contribution < 1.29 is 9.90 Å². The topological polar surface area (TPSA) is 79.2 Å². The number of para-hydroxylation sites is 1. The third kappa shape index (κ3) is 2.88. The lowest BCUT2D eigenvalue weighted by Gasteiger charge is -2.14. The van der Waals surface area contributed by atoms with Crippen LogP contribution in [0.3, 0.4) is 0 Å². The van der Waals surface area contributed by atoms with Gasteiger partial charge in [-0.05, 0) is 19.1 Å². The lowest BCUT2D eigenvalue weighted by molar-refractivity contribution is 0.0926. The maximum atomic E-state index is 12.3. The average molecular weight is 300 g/mol. The lowest BCUT2D eigenvalue weighted by atomic mass is 10.1. The van der Waals surface area contributed by atoms with Gasteiger partial charge in [-0.3, -0.25) is 4.79 Å². The number of nitrogens with zero attached hydrogens (tertiary/aromatic N) is 2. The summed E-state index contributed by atoms with van der Waals surface area (Å²) < 4.78 is 1.75. The Balaban J connectivity index is 1.70. The number of hydrogen-bond acceptors (Lipinski definition) is 4. The molecule has 6 nitrogen and oxygen atoms in total. The van der Waals surface area contributed by atoms with Crippen molar-refractivity contribution in [2.75, 3.05) is 19.6 Å². The molecule has 116 valence electrons. The number of carbonyl (C=O) groups is 1. The minimum atomic E-state index is -0.395. The molecule has 1 amide bonds. The monoisotopic (exact) mass is 300 g/mol. The van der Waals surface area contributed by atoms with Crippen LogP contribution in [-0.4, -0.2) is 46.5 Å². The predicted molar refractivity (Wildman–Crippen MR) is 83.0 cm³/mol. The Hall–Kier alpha value is -2.18. The summed E-state index contributed by atoms with van der Waals surface area (Å²) in [5.41, 5.74) is 2.28. The molecule has 2 heterocycles. The number of β-amino-alcohol motifs (C(OH)–C–C–N with tert-alkyl or cyclic N) is 1. The van der Waals surface area contributed by atoms with E-state index in [0.29, 0.717) is 18.7 Å². The van der Waals surface area contributed by atoms with E-state index >= 15 is 0 Å². The zero-order valence-electron chi connectivity index (χ0n) is 12.5. The van der Waals surface area contributed by atoms with E-state index in [9.17, 15) is 9.90 Å². The Morgan fingerprint density at radius 3 is 2.86 bits per heavy atom. The van der Waals surface area contributed by atoms with Crippen LogP contribution in [0.15, 0.2) is 36.5 Å². The van der Waals surface area contributed by atoms with Crippen LogP contribution in [0.1, 0.15) is 16.1 Å². The molecule has 0 radical (unpaired) electrons. The van der Waals surface area contributed by atoms with Crippen LogP contribution in [0.2, 0.25) is 0 Å². The SMILES string of the molecule is Cc1c(C(=O)NCC2CNCC2O)cnn1-c1ccccc1. The molecule has 2 atom stereocenters. The highest BCUT2D eigenvalue weighted by atomic mass is 16.3. The molecule has 0 saturated carbocycles. The highest BCUT2D eigenvalue weighted by Gasteiger charge is 2.25. The van der Waals surface area contributed by atoms with E-state index in [1.807, 2.05) is 37.3 Å². The number of aliphatic hydroxyl groups is 1. The van der Waals surface area contributed by atoms with Gasteiger partial charge in [0.15, 0.2) is 0 Å². The van der Waals surface area contributed by atoms with Crippen LogP contribution in [-0.2, 0) is 0 Å². The Morgan fingerprint density at radius 2 is 2.18 bits per heavy atom. The van der Waals surface area contributed by atoms with Gasteiger partial charge in [0.05, 0.1) is 29.2 Å². The smallest absolute Gasteiger partial charge is 0.254 e. The zero-order chi connectivity index (χ0) is 15.5. The van der Waals surface area contributed by atoms with Crippen LogP contribution in [0.25, 0.3) is 5.69 Å². The number of nitrogens with one attached hydrogen (secondary N) is 2. The first-order valence-electron chi connectivity index (χ1n) is 7.44. The molecule has 0 aliphatic carbocycles. The number of benzene rings is 1. The first kappa shape index (κ1) is 14.7. The van der Waals surface area contributed by atoms with Crippen molar-refractivity contribution in [1.29, 1.82) is 0 Å². The second-order valence-electron chi connectivity index (χ2n) is 5.59. The molecule has 3 rings (SSSR count). The van der Waals surface area contributed by atoms with Gasteiger partial charge in [0, 0.05) is 25.6 Å². The average Bonchev–Trinajstić information content (AvgIpc) is 3.12. The summed E-state index contributed by atoms with van der Waals surface area (Å²) in [4.78, 5) is 12.3. The maximum Gasteiger partial charge on any atom is 0.254 e. The lowest BCUT2D eigenvalue weighted by Crippen LogP contribution is -2.34. The van der Waals surface area contributed by atoms with Crippen LogP contribution in [0.5, 0.6) is 0 Å². The molecular weight excluding hydrogens is 280 g/mol. The molecule has 2 aromatic rings. The second kappa shape index (κ2) is 6.29. The van der Waals surface area contributed by atoms with Crippen LogP contribution >= 0.6 is 0 Å². The fourth-order valence-electron chi connectivity index (χ4n) is 2.71. The molecule has 1 fully saturated rings. The second-order valence-corrected chi connectivity index (χ2v) is 5.59. The van der Waals surface area contributed by atoms with Crippen molar-refractivity contribution in [3.63, 3.8) is 0 Å². The van der Waals surface area contributed by atoms with Gasteiger partial charge >= 0.3 is 0 Å². The molecule has 6 heteroatoms. The van der Waals surface area contributed by atoms with Crippen molar-refractivity contribution in [2.45, 2.75) is 13.0 Å². The van der Waals surface area contributed by atoms with Gasteiger partial charge in [-0.15, -0.1) is 0 Å². The Bertz CT molecular complexity index is 653. The van der Waals surface area contributed by atoms with Gasteiger partial charge in [-0.2, -0.15) is 5.10 Å². The summed E-state index contributed by atoms with van der Waals surface area (Å²) in [6, 6.07) is 9.71. The van der Waals surface area contributed by atoms with Crippen molar-refractivity contribution in [2.24, 2.45) is 5.92 Å². The molecule has 1 saturated heterocycles. The molecule has 0 bridgehead atoms. The number of hydrogen-bond donors (Lipinski definition) is 3. The number of carbonyl (C=O) groups excluding carboxylic acids is 1. The maximum absolute atomic E-state index is 12.3. The summed E-state index contributed by atoms with van der Waals surface area (Å²) in [5, 5.41) is 20.0. The van der Waals surface area contributed by atoms with Crippen molar-refractivity contribution in [3.05, 3.63) is 47.8 Å². The van der Waals surface area contributed by atoms with Crippen LogP contribution < -0.4 is 10.6 Å². The van der Waals surface area contributed by atoms with Crippen molar-refractivity contribution in [3.8, 4) is 5.69 Å². The van der Waals surface area contributed by atoms with Crippen LogP contribution in [0.4, 0.5) is 0 Å². The standard InChI is InChI=1S/C16H20N4O2/c1-11-14(9-19-20(11)13-5-3-2-4-6-13)16(22)18-8-12-7-17-10-15(12)21/h2-6,9,12,15,17,21H,7-8,10H2,1H3,(H,18,22). The largest absolute Gasteiger partial charge is 0.391 e. The van der Waals surface area contributed by atoms with E-state index in [1.165, 1.54) is 0 Å².